The Bertz CT molecular complexity index is 1350. The first kappa shape index (κ1) is 22.7. The number of amides is 1. The van der Waals surface area contributed by atoms with Crippen LogP contribution in [0.4, 0.5) is 23.1 Å². The van der Waals surface area contributed by atoms with Crippen molar-refractivity contribution in [2.75, 3.05) is 47.5 Å². The summed E-state index contributed by atoms with van der Waals surface area (Å²) in [5, 5.41) is 3.04. The molecule has 0 bridgehead atoms. The van der Waals surface area contributed by atoms with Crippen LogP contribution in [0.25, 0.3) is 0 Å². The number of hydrogen-bond donors (Lipinski definition) is 3. The zero-order chi connectivity index (χ0) is 25.0. The monoisotopic (exact) mass is 484 g/mol. The van der Waals surface area contributed by atoms with Crippen LogP contribution in [-0.2, 0) is 12.8 Å². The number of carbonyl (C=O) groups excluding carboxylic acids is 1. The van der Waals surface area contributed by atoms with Crippen molar-refractivity contribution in [2.45, 2.75) is 38.6 Å². The third kappa shape index (κ3) is 3.49. The van der Waals surface area contributed by atoms with E-state index < -0.39 is 0 Å². The number of pyridine rings is 1. The number of nitrogens with one attached hydrogen (secondary N) is 1. The van der Waals surface area contributed by atoms with Crippen molar-refractivity contribution in [1.82, 2.24) is 15.0 Å². The molecule has 5 N–H and O–H groups in total. The summed E-state index contributed by atoms with van der Waals surface area (Å²) in [7, 11) is 1.83. The number of nitrogen functional groups attached to an aromatic ring is 1. The van der Waals surface area contributed by atoms with Gasteiger partial charge in [-0.25, -0.2) is 15.0 Å². The molecule has 1 fully saturated rings. The predicted molar refractivity (Wildman–Crippen MR) is 141 cm³/mol. The third-order valence-corrected chi connectivity index (χ3v) is 8.24. The normalized spacial score (nSPS) is 19.9. The van der Waals surface area contributed by atoms with Gasteiger partial charge in [0.05, 0.1) is 17.1 Å². The average molecular weight is 485 g/mol. The minimum Gasteiger partial charge on any atom is -0.382 e. The molecule has 3 aliphatic rings. The number of carbonyl (C=O) groups is 1. The summed E-state index contributed by atoms with van der Waals surface area (Å²) in [5.74, 6) is 1.47. The number of aromatic nitrogens is 3. The van der Waals surface area contributed by atoms with Gasteiger partial charge in [-0.3, -0.25) is 4.79 Å². The van der Waals surface area contributed by atoms with Crippen LogP contribution in [0.2, 0.25) is 0 Å². The molecule has 36 heavy (non-hydrogen) atoms. The van der Waals surface area contributed by atoms with E-state index in [0.717, 1.165) is 55.4 Å². The Morgan fingerprint density at radius 3 is 2.61 bits per heavy atom. The van der Waals surface area contributed by atoms with Gasteiger partial charge < -0.3 is 26.6 Å². The maximum Gasteiger partial charge on any atom is 0.280 e. The molecule has 2 aromatic heterocycles. The van der Waals surface area contributed by atoms with E-state index in [9.17, 15) is 4.79 Å². The zero-order valence-electron chi connectivity index (χ0n) is 20.8. The van der Waals surface area contributed by atoms with Gasteiger partial charge in [0.2, 0.25) is 0 Å². The molecule has 1 atom stereocenters. The lowest BCUT2D eigenvalue weighted by Crippen LogP contribution is -2.45. The van der Waals surface area contributed by atoms with E-state index in [-0.39, 0.29) is 28.9 Å². The van der Waals surface area contributed by atoms with Crippen LogP contribution in [0.3, 0.4) is 0 Å². The van der Waals surface area contributed by atoms with Crippen LogP contribution < -0.4 is 26.6 Å². The lowest BCUT2D eigenvalue weighted by atomic mass is 9.73. The molecular formula is C27H32N8O. The molecule has 2 aliphatic heterocycles. The lowest BCUT2D eigenvalue weighted by molar-refractivity contribution is 0.0985. The molecular weight excluding hydrogens is 452 g/mol. The van der Waals surface area contributed by atoms with Crippen molar-refractivity contribution in [2.24, 2.45) is 11.1 Å². The SMILES string of the molecule is CNc1ccc2c(n1)CCN2C(=O)c1nc(C)c(N2CCC3(CC2)Cc2ccccc2[C@H]3N)nc1N. The Morgan fingerprint density at radius 2 is 1.86 bits per heavy atom. The Kier molecular flexibility index (Phi) is 5.33. The molecule has 6 rings (SSSR count). The molecule has 0 radical (unpaired) electrons. The molecule has 1 amide bonds. The first-order valence-electron chi connectivity index (χ1n) is 12.6. The second-order valence-electron chi connectivity index (χ2n) is 10.2. The number of nitrogens with zero attached hydrogens (tertiary/aromatic N) is 5. The molecule has 1 aliphatic carbocycles. The van der Waals surface area contributed by atoms with Gasteiger partial charge in [-0.05, 0) is 54.9 Å². The molecule has 186 valence electrons. The standard InChI is InChI=1S/C27H32N8O/c1-16-25(34-13-10-27(11-14-34)15-17-5-3-4-6-18(17)23(27)28)33-24(29)22(31-16)26(36)35-12-9-19-20(35)7-8-21(30-2)32-19/h3-8,23H,9-15,28H2,1-2H3,(H2,29,33)(H,30,32)/t23-/m1/s1. The molecule has 9 heteroatoms. The van der Waals surface area contributed by atoms with E-state index in [0.29, 0.717) is 18.7 Å². The highest BCUT2D eigenvalue weighted by Gasteiger charge is 2.46. The van der Waals surface area contributed by atoms with E-state index >= 15 is 0 Å². The molecule has 1 saturated heterocycles. The molecule has 1 spiro atoms. The van der Waals surface area contributed by atoms with Crippen LogP contribution in [0.15, 0.2) is 36.4 Å². The average Bonchev–Trinajstić information content (AvgIpc) is 3.44. The highest BCUT2D eigenvalue weighted by atomic mass is 16.2. The van der Waals surface area contributed by atoms with Crippen LogP contribution >= 0.6 is 0 Å². The fraction of sp³-hybridized carbons (Fsp3) is 0.407. The smallest absolute Gasteiger partial charge is 0.280 e. The summed E-state index contributed by atoms with van der Waals surface area (Å²) in [4.78, 5) is 31.3. The summed E-state index contributed by atoms with van der Waals surface area (Å²) in [5.41, 5.74) is 18.4. The molecule has 0 unspecified atom stereocenters. The topological polar surface area (TPSA) is 126 Å². The highest BCUT2D eigenvalue weighted by molar-refractivity contribution is 6.08. The number of hydrogen-bond acceptors (Lipinski definition) is 8. The fourth-order valence-electron chi connectivity index (χ4n) is 6.19. The Balaban J connectivity index is 1.20. The zero-order valence-corrected chi connectivity index (χ0v) is 20.8. The molecule has 0 saturated carbocycles. The van der Waals surface area contributed by atoms with Crippen molar-refractivity contribution in [1.29, 1.82) is 0 Å². The summed E-state index contributed by atoms with van der Waals surface area (Å²) in [6.45, 7) is 4.12. The largest absolute Gasteiger partial charge is 0.382 e. The van der Waals surface area contributed by atoms with Gasteiger partial charge in [-0.15, -0.1) is 0 Å². The second-order valence-corrected chi connectivity index (χ2v) is 10.2. The summed E-state index contributed by atoms with van der Waals surface area (Å²) >= 11 is 0. The van der Waals surface area contributed by atoms with Crippen molar-refractivity contribution in [3.05, 3.63) is 64.6 Å². The van der Waals surface area contributed by atoms with Crippen LogP contribution in [0, 0.1) is 12.3 Å². The number of benzene rings is 1. The number of fused-ring (bicyclic) bond motifs is 2. The summed E-state index contributed by atoms with van der Waals surface area (Å²) in [6, 6.07) is 12.4. The minimum absolute atomic E-state index is 0.0649. The van der Waals surface area contributed by atoms with Gasteiger partial charge >= 0.3 is 0 Å². The first-order chi connectivity index (χ1) is 17.4. The number of piperidine rings is 1. The van der Waals surface area contributed by atoms with E-state index in [2.05, 4.69) is 49.4 Å². The fourth-order valence-corrected chi connectivity index (χ4v) is 6.19. The van der Waals surface area contributed by atoms with Crippen LogP contribution in [0.5, 0.6) is 0 Å². The van der Waals surface area contributed by atoms with Crippen molar-refractivity contribution in [3.63, 3.8) is 0 Å². The maximum atomic E-state index is 13.4. The number of aryl methyl sites for hydroxylation is 1. The molecule has 4 heterocycles. The number of anilines is 4. The first-order valence-corrected chi connectivity index (χ1v) is 12.6. The van der Waals surface area contributed by atoms with Gasteiger partial charge in [0, 0.05) is 39.1 Å². The molecule has 1 aromatic carbocycles. The highest BCUT2D eigenvalue weighted by Crippen LogP contribution is 2.51. The Labute approximate surface area is 210 Å². The quantitative estimate of drug-likeness (QED) is 0.518. The van der Waals surface area contributed by atoms with Gasteiger partial charge in [0.25, 0.3) is 5.91 Å². The summed E-state index contributed by atoms with van der Waals surface area (Å²) in [6.07, 6.45) is 3.69. The van der Waals surface area contributed by atoms with E-state index in [1.54, 1.807) is 4.90 Å². The molecule has 9 nitrogen and oxygen atoms in total. The van der Waals surface area contributed by atoms with Gasteiger partial charge in [-0.1, -0.05) is 24.3 Å². The van der Waals surface area contributed by atoms with E-state index in [1.807, 2.05) is 26.1 Å². The van der Waals surface area contributed by atoms with Crippen molar-refractivity contribution in [3.8, 4) is 0 Å². The Morgan fingerprint density at radius 1 is 1.08 bits per heavy atom. The second kappa shape index (κ2) is 8.44. The van der Waals surface area contributed by atoms with E-state index in [4.69, 9.17) is 11.5 Å². The minimum atomic E-state index is -0.236. The number of nitrogens with two attached hydrogens (primary N) is 2. The number of rotatable bonds is 3. The van der Waals surface area contributed by atoms with Crippen LogP contribution in [0.1, 0.15) is 51.9 Å². The maximum absolute atomic E-state index is 13.4. The summed E-state index contributed by atoms with van der Waals surface area (Å²) < 4.78 is 0. The van der Waals surface area contributed by atoms with E-state index in [1.165, 1.54) is 11.1 Å². The van der Waals surface area contributed by atoms with Crippen molar-refractivity contribution < 1.29 is 4.79 Å². The molecule has 3 aromatic rings. The van der Waals surface area contributed by atoms with Gasteiger partial charge in [0.1, 0.15) is 5.82 Å². The van der Waals surface area contributed by atoms with Gasteiger partial charge in [0.15, 0.2) is 17.3 Å². The van der Waals surface area contributed by atoms with Crippen molar-refractivity contribution >= 4 is 29.0 Å². The third-order valence-electron chi connectivity index (χ3n) is 8.24. The lowest BCUT2D eigenvalue weighted by Gasteiger charge is -2.42. The Hall–Kier alpha value is -3.72. The predicted octanol–water partition coefficient (Wildman–Crippen LogP) is 2.85. The van der Waals surface area contributed by atoms with Crippen LogP contribution in [-0.4, -0.2) is 47.5 Å². The van der Waals surface area contributed by atoms with Gasteiger partial charge in [-0.2, -0.15) is 0 Å².